The third kappa shape index (κ3) is 3.09. The molecule has 1 aliphatic carbocycles. The zero-order chi connectivity index (χ0) is 16.4. The van der Waals surface area contributed by atoms with E-state index in [1.807, 2.05) is 23.2 Å². The van der Waals surface area contributed by atoms with E-state index in [-0.39, 0.29) is 5.92 Å². The van der Waals surface area contributed by atoms with Gasteiger partial charge in [0.25, 0.3) is 0 Å². The molecule has 0 radical (unpaired) electrons. The Morgan fingerprint density at radius 3 is 2.71 bits per heavy atom. The Labute approximate surface area is 141 Å². The van der Waals surface area contributed by atoms with E-state index < -0.39 is 0 Å². The van der Waals surface area contributed by atoms with E-state index in [9.17, 15) is 4.79 Å². The van der Waals surface area contributed by atoms with Crippen LogP contribution in [0.5, 0.6) is 0 Å². The third-order valence-corrected chi connectivity index (χ3v) is 4.86. The summed E-state index contributed by atoms with van der Waals surface area (Å²) in [6, 6.07) is 5.84. The van der Waals surface area contributed by atoms with Crippen molar-refractivity contribution in [3.05, 3.63) is 48.5 Å². The quantitative estimate of drug-likeness (QED) is 0.860. The van der Waals surface area contributed by atoms with Gasteiger partial charge in [0.1, 0.15) is 0 Å². The fraction of sp³-hybridized carbons (Fsp3) is 0.444. The van der Waals surface area contributed by atoms with Gasteiger partial charge in [-0.15, -0.1) is 0 Å². The van der Waals surface area contributed by atoms with E-state index in [0.29, 0.717) is 11.8 Å². The van der Waals surface area contributed by atoms with E-state index in [2.05, 4.69) is 25.9 Å². The topological polar surface area (TPSA) is 62.2 Å². The standard InChI is InChI=1S/C18H21N5O/c24-17(16-12-15(16)14-4-1-5-19-13-14)22-8-3-9-23(11-10-22)18-20-6-2-7-21-18/h1-2,4-7,13,15-16H,3,8-12H2/t15-,16-/m0/s1. The number of hydrogen-bond acceptors (Lipinski definition) is 5. The molecule has 0 N–H and O–H groups in total. The van der Waals surface area contributed by atoms with Gasteiger partial charge in [0.15, 0.2) is 0 Å². The fourth-order valence-corrected chi connectivity index (χ4v) is 3.46. The molecule has 6 nitrogen and oxygen atoms in total. The van der Waals surface area contributed by atoms with Crippen molar-refractivity contribution in [1.29, 1.82) is 0 Å². The van der Waals surface area contributed by atoms with Gasteiger partial charge in [-0.25, -0.2) is 9.97 Å². The summed E-state index contributed by atoms with van der Waals surface area (Å²) in [4.78, 5) is 29.8. The van der Waals surface area contributed by atoms with Gasteiger partial charge in [-0.2, -0.15) is 0 Å². The second kappa shape index (κ2) is 6.55. The van der Waals surface area contributed by atoms with Crippen molar-refractivity contribution in [2.45, 2.75) is 18.8 Å². The normalized spacial score (nSPS) is 23.7. The van der Waals surface area contributed by atoms with Crippen LogP contribution in [0.3, 0.4) is 0 Å². The average molecular weight is 323 g/mol. The first-order valence-electron chi connectivity index (χ1n) is 8.53. The van der Waals surface area contributed by atoms with Crippen LogP contribution in [0.15, 0.2) is 43.0 Å². The lowest BCUT2D eigenvalue weighted by Crippen LogP contribution is -2.36. The molecular weight excluding hydrogens is 302 g/mol. The maximum absolute atomic E-state index is 12.8. The molecular formula is C18H21N5O. The van der Waals surface area contributed by atoms with Crippen LogP contribution in [0.25, 0.3) is 0 Å². The second-order valence-electron chi connectivity index (χ2n) is 6.45. The van der Waals surface area contributed by atoms with Crippen LogP contribution >= 0.6 is 0 Å². The minimum atomic E-state index is 0.133. The molecule has 1 amide bonds. The molecule has 6 heteroatoms. The summed E-state index contributed by atoms with van der Waals surface area (Å²) in [6.07, 6.45) is 9.09. The first-order valence-corrected chi connectivity index (χ1v) is 8.53. The molecule has 1 aliphatic heterocycles. The maximum atomic E-state index is 12.8. The number of amides is 1. The van der Waals surface area contributed by atoms with Crippen LogP contribution in [-0.4, -0.2) is 51.9 Å². The van der Waals surface area contributed by atoms with Crippen molar-refractivity contribution >= 4 is 11.9 Å². The van der Waals surface area contributed by atoms with Crippen LogP contribution in [0, 0.1) is 5.92 Å². The van der Waals surface area contributed by atoms with Gasteiger partial charge in [-0.3, -0.25) is 9.78 Å². The molecule has 0 aromatic carbocycles. The third-order valence-electron chi connectivity index (χ3n) is 4.86. The molecule has 1 saturated carbocycles. The minimum absolute atomic E-state index is 0.133. The Hall–Kier alpha value is -2.50. The molecule has 0 unspecified atom stereocenters. The molecule has 2 fully saturated rings. The Balaban J connectivity index is 1.37. The summed E-state index contributed by atoms with van der Waals surface area (Å²) in [7, 11) is 0. The maximum Gasteiger partial charge on any atom is 0.226 e. The molecule has 4 rings (SSSR count). The Morgan fingerprint density at radius 2 is 1.92 bits per heavy atom. The second-order valence-corrected chi connectivity index (χ2v) is 6.45. The van der Waals surface area contributed by atoms with Crippen molar-refractivity contribution in [2.75, 3.05) is 31.1 Å². The summed E-state index contributed by atoms with van der Waals surface area (Å²) >= 11 is 0. The van der Waals surface area contributed by atoms with Crippen LogP contribution in [0.2, 0.25) is 0 Å². The highest BCUT2D eigenvalue weighted by atomic mass is 16.2. The fourth-order valence-electron chi connectivity index (χ4n) is 3.46. The number of rotatable bonds is 3. The summed E-state index contributed by atoms with van der Waals surface area (Å²) < 4.78 is 0. The van der Waals surface area contributed by atoms with E-state index in [1.54, 1.807) is 18.6 Å². The number of carbonyl (C=O) groups excluding carboxylic acids is 1. The molecule has 2 aromatic rings. The Morgan fingerprint density at radius 1 is 1.04 bits per heavy atom. The highest BCUT2D eigenvalue weighted by molar-refractivity contribution is 5.83. The van der Waals surface area contributed by atoms with Gasteiger partial charge in [-0.1, -0.05) is 6.07 Å². The smallest absolute Gasteiger partial charge is 0.226 e. The molecule has 2 aliphatic rings. The van der Waals surface area contributed by atoms with Gasteiger partial charge < -0.3 is 9.80 Å². The molecule has 2 atom stereocenters. The van der Waals surface area contributed by atoms with Gasteiger partial charge in [0.2, 0.25) is 11.9 Å². The van der Waals surface area contributed by atoms with Crippen molar-refractivity contribution < 1.29 is 4.79 Å². The SMILES string of the molecule is O=C([C@H]1C[C@H]1c1cccnc1)N1CCCN(c2ncccn2)CC1. The first-order chi connectivity index (χ1) is 11.8. The predicted molar refractivity (Wildman–Crippen MR) is 90.5 cm³/mol. The van der Waals surface area contributed by atoms with Gasteiger partial charge in [0, 0.05) is 56.9 Å². The lowest BCUT2D eigenvalue weighted by atomic mass is 10.1. The zero-order valence-electron chi connectivity index (χ0n) is 13.6. The van der Waals surface area contributed by atoms with Gasteiger partial charge in [0.05, 0.1) is 0 Å². The number of aromatic nitrogens is 3. The first kappa shape index (κ1) is 15.1. The van der Waals surface area contributed by atoms with Crippen LogP contribution < -0.4 is 4.90 Å². The number of pyridine rings is 1. The van der Waals surface area contributed by atoms with Crippen molar-refractivity contribution in [3.8, 4) is 0 Å². The number of nitrogens with zero attached hydrogens (tertiary/aromatic N) is 5. The highest BCUT2D eigenvalue weighted by Gasteiger charge is 2.45. The number of anilines is 1. The van der Waals surface area contributed by atoms with Crippen LogP contribution in [0.4, 0.5) is 5.95 Å². The molecule has 124 valence electrons. The summed E-state index contributed by atoms with van der Waals surface area (Å²) in [5.41, 5.74) is 1.19. The van der Waals surface area contributed by atoms with E-state index in [4.69, 9.17) is 0 Å². The Kier molecular flexibility index (Phi) is 4.11. The molecule has 0 spiro atoms. The molecule has 24 heavy (non-hydrogen) atoms. The highest BCUT2D eigenvalue weighted by Crippen LogP contribution is 2.48. The van der Waals surface area contributed by atoms with E-state index in [1.165, 1.54) is 5.56 Å². The number of hydrogen-bond donors (Lipinski definition) is 0. The van der Waals surface area contributed by atoms with Crippen LogP contribution in [0.1, 0.15) is 24.3 Å². The molecule has 3 heterocycles. The van der Waals surface area contributed by atoms with Gasteiger partial charge in [-0.05, 0) is 36.5 Å². The van der Waals surface area contributed by atoms with Crippen molar-refractivity contribution in [1.82, 2.24) is 19.9 Å². The summed E-state index contributed by atoms with van der Waals surface area (Å²) in [6.45, 7) is 3.25. The minimum Gasteiger partial charge on any atom is -0.341 e. The number of carbonyl (C=O) groups is 1. The molecule has 2 aromatic heterocycles. The molecule has 1 saturated heterocycles. The zero-order valence-corrected chi connectivity index (χ0v) is 13.6. The lowest BCUT2D eigenvalue weighted by Gasteiger charge is -2.22. The van der Waals surface area contributed by atoms with E-state index >= 15 is 0 Å². The predicted octanol–water partition coefficient (Wildman–Crippen LogP) is 1.71. The largest absolute Gasteiger partial charge is 0.341 e. The van der Waals surface area contributed by atoms with Crippen molar-refractivity contribution in [3.63, 3.8) is 0 Å². The monoisotopic (exact) mass is 323 g/mol. The van der Waals surface area contributed by atoms with E-state index in [0.717, 1.165) is 45.0 Å². The average Bonchev–Trinajstić information content (AvgIpc) is 3.46. The van der Waals surface area contributed by atoms with Gasteiger partial charge >= 0.3 is 0 Å². The summed E-state index contributed by atoms with van der Waals surface area (Å²) in [5.74, 6) is 1.53. The van der Waals surface area contributed by atoms with Crippen molar-refractivity contribution in [2.24, 2.45) is 5.92 Å². The lowest BCUT2D eigenvalue weighted by molar-refractivity contribution is -0.132. The molecule has 0 bridgehead atoms. The Bertz CT molecular complexity index is 693. The van der Waals surface area contributed by atoms with Crippen LogP contribution in [-0.2, 0) is 4.79 Å². The summed E-state index contributed by atoms with van der Waals surface area (Å²) in [5, 5.41) is 0.